The first-order valence-corrected chi connectivity index (χ1v) is 21.8. The van der Waals surface area contributed by atoms with Crippen LogP contribution < -0.4 is 15.5 Å². The Balaban J connectivity index is 0.991. The molecule has 2 N–H and O–H groups in total. The Kier molecular flexibility index (Phi) is 7.85. The molecule has 2 aromatic heterocycles. The number of nitrogens with one attached hydrogen (secondary N) is 2. The van der Waals surface area contributed by atoms with Gasteiger partial charge in [0.2, 0.25) is 0 Å². The zero-order chi connectivity index (χ0) is 37.5. The lowest BCUT2D eigenvalue weighted by molar-refractivity contribution is 0.401. The third-order valence-corrected chi connectivity index (χ3v) is 14.8. The van der Waals surface area contributed by atoms with Crippen molar-refractivity contribution in [3.05, 3.63) is 186 Å². The Labute approximate surface area is 340 Å². The van der Waals surface area contributed by atoms with Gasteiger partial charge in [0.25, 0.3) is 0 Å². The van der Waals surface area contributed by atoms with Crippen molar-refractivity contribution < 1.29 is 0 Å². The van der Waals surface area contributed by atoms with Gasteiger partial charge >= 0.3 is 0 Å². The van der Waals surface area contributed by atoms with Gasteiger partial charge in [-0.15, -0.1) is 22.7 Å². The molecule has 5 aromatic carbocycles. The van der Waals surface area contributed by atoms with Crippen LogP contribution in [0.3, 0.4) is 0 Å². The van der Waals surface area contributed by atoms with E-state index < -0.39 is 0 Å². The van der Waals surface area contributed by atoms with Crippen LogP contribution in [-0.4, -0.2) is 11.9 Å². The molecule has 276 valence electrons. The highest BCUT2D eigenvalue weighted by molar-refractivity contribution is 7.26. The van der Waals surface area contributed by atoms with Gasteiger partial charge in [0, 0.05) is 63.4 Å². The smallest absolute Gasteiger partial charge is 0.130 e. The van der Waals surface area contributed by atoms with Gasteiger partial charge in [-0.3, -0.25) is 5.32 Å². The largest absolute Gasteiger partial charge is 0.354 e. The summed E-state index contributed by atoms with van der Waals surface area (Å²) in [6.45, 7) is 0. The lowest BCUT2D eigenvalue weighted by Crippen LogP contribution is -2.47. The topological polar surface area (TPSA) is 39.7 Å². The molecule has 0 radical (unpaired) electrons. The van der Waals surface area contributed by atoms with Crippen molar-refractivity contribution in [1.29, 1.82) is 0 Å². The quantitative estimate of drug-likeness (QED) is 0.183. The number of allylic oxidation sites excluding steroid dienone is 8. The average Bonchev–Trinajstić information content (AvgIpc) is 3.96. The highest BCUT2D eigenvalue weighted by atomic mass is 32.1. The first-order chi connectivity index (χ1) is 28.3. The van der Waals surface area contributed by atoms with Crippen LogP contribution >= 0.6 is 22.7 Å². The SMILES string of the molecule is C1=CCC(C2=NC(c3cccc4sc5ccc(-c6cccc7c6sc6cccc(N8C9=C(C=CCC9)C9C=CC=CC98)c67)cc5c34)NC(c3ccccc3)N2)C=C1. The van der Waals surface area contributed by atoms with E-state index in [1.54, 1.807) is 0 Å². The molecular weight excluding hydrogens is 733 g/mol. The molecule has 3 aliphatic carbocycles. The molecule has 6 heteroatoms. The zero-order valence-electron chi connectivity index (χ0n) is 31.3. The molecule has 0 spiro atoms. The normalized spacial score (nSPS) is 23.8. The molecule has 5 aliphatic rings. The van der Waals surface area contributed by atoms with E-state index in [1.165, 1.54) is 79.6 Å². The second kappa shape index (κ2) is 13.4. The third kappa shape index (κ3) is 5.39. The monoisotopic (exact) mass is 772 g/mol. The van der Waals surface area contributed by atoms with Gasteiger partial charge in [0.05, 0.1) is 11.7 Å². The molecule has 2 aliphatic heterocycles. The first-order valence-electron chi connectivity index (χ1n) is 20.2. The lowest BCUT2D eigenvalue weighted by atomic mass is 9.88. The Morgan fingerprint density at radius 1 is 0.702 bits per heavy atom. The van der Waals surface area contributed by atoms with Crippen molar-refractivity contribution in [2.75, 3.05) is 4.90 Å². The van der Waals surface area contributed by atoms with Crippen molar-refractivity contribution in [2.24, 2.45) is 16.8 Å². The van der Waals surface area contributed by atoms with Crippen LogP contribution in [0.15, 0.2) is 180 Å². The van der Waals surface area contributed by atoms with Gasteiger partial charge in [-0.05, 0) is 71.9 Å². The van der Waals surface area contributed by atoms with Gasteiger partial charge in [-0.2, -0.15) is 0 Å². The second-order valence-corrected chi connectivity index (χ2v) is 17.8. The maximum Gasteiger partial charge on any atom is 0.130 e. The number of hydrogen-bond acceptors (Lipinski definition) is 6. The summed E-state index contributed by atoms with van der Waals surface area (Å²) in [7, 11) is 0. The lowest BCUT2D eigenvalue weighted by Gasteiger charge is -2.34. The average molecular weight is 773 g/mol. The fraction of sp³-hybridized carbons (Fsp3) is 0.157. The van der Waals surface area contributed by atoms with Crippen molar-refractivity contribution in [2.45, 2.75) is 37.6 Å². The molecule has 0 saturated carbocycles. The van der Waals surface area contributed by atoms with E-state index in [0.29, 0.717) is 12.0 Å². The minimum absolute atomic E-state index is 0.0521. The second-order valence-electron chi connectivity index (χ2n) is 15.7. The molecule has 0 fully saturated rings. The van der Waals surface area contributed by atoms with E-state index in [9.17, 15) is 0 Å². The number of hydrogen-bond donors (Lipinski definition) is 2. The number of benzene rings is 5. The van der Waals surface area contributed by atoms with Crippen LogP contribution in [0.5, 0.6) is 0 Å². The van der Waals surface area contributed by atoms with E-state index in [0.717, 1.165) is 25.1 Å². The number of nitrogens with zero attached hydrogens (tertiary/aromatic N) is 2. The Morgan fingerprint density at radius 3 is 2.47 bits per heavy atom. The van der Waals surface area contributed by atoms with Crippen LogP contribution in [0.2, 0.25) is 0 Å². The fourth-order valence-electron chi connectivity index (χ4n) is 9.89. The van der Waals surface area contributed by atoms with Crippen LogP contribution in [0.1, 0.15) is 42.7 Å². The highest BCUT2D eigenvalue weighted by Crippen LogP contribution is 2.50. The number of anilines is 1. The fourth-order valence-corrected chi connectivity index (χ4v) is 12.3. The summed E-state index contributed by atoms with van der Waals surface area (Å²) in [4.78, 5) is 8.09. The predicted octanol–water partition coefficient (Wildman–Crippen LogP) is 13.0. The van der Waals surface area contributed by atoms with Crippen molar-refractivity contribution in [3.63, 3.8) is 0 Å². The maximum atomic E-state index is 5.42. The summed E-state index contributed by atoms with van der Waals surface area (Å²) in [6.07, 6.45) is 25.7. The van der Waals surface area contributed by atoms with E-state index >= 15 is 0 Å². The number of aliphatic imine (C=N–C) groups is 1. The molecule has 12 rings (SSSR count). The van der Waals surface area contributed by atoms with E-state index in [-0.39, 0.29) is 18.2 Å². The Bertz CT molecular complexity index is 2990. The number of thiophene rings is 2. The molecular formula is C51H40N4S2. The highest BCUT2D eigenvalue weighted by Gasteiger charge is 2.39. The summed E-state index contributed by atoms with van der Waals surface area (Å²) in [5.74, 6) is 1.66. The van der Waals surface area contributed by atoms with Gasteiger partial charge in [-0.1, -0.05) is 134 Å². The maximum absolute atomic E-state index is 5.42. The summed E-state index contributed by atoms with van der Waals surface area (Å²) < 4.78 is 5.28. The molecule has 0 bridgehead atoms. The number of amidine groups is 1. The third-order valence-electron chi connectivity index (χ3n) is 12.5. The molecule has 5 atom stereocenters. The van der Waals surface area contributed by atoms with Gasteiger partial charge in [0.15, 0.2) is 0 Å². The van der Waals surface area contributed by atoms with Crippen molar-refractivity contribution in [1.82, 2.24) is 10.6 Å². The van der Waals surface area contributed by atoms with E-state index in [2.05, 4.69) is 179 Å². The van der Waals surface area contributed by atoms with Crippen LogP contribution in [0, 0.1) is 11.8 Å². The van der Waals surface area contributed by atoms with Crippen LogP contribution in [-0.2, 0) is 0 Å². The van der Waals surface area contributed by atoms with Crippen LogP contribution in [0.4, 0.5) is 5.69 Å². The molecule has 57 heavy (non-hydrogen) atoms. The molecule has 4 heterocycles. The van der Waals surface area contributed by atoms with E-state index in [1.807, 2.05) is 22.7 Å². The minimum atomic E-state index is -0.199. The number of fused-ring (bicyclic) bond motifs is 8. The zero-order valence-corrected chi connectivity index (χ0v) is 32.9. The standard InChI is InChI=1S/C51H40N4S2/c1-3-14-31(15-4-1)49-52-50(32-16-5-2-6-17-32)54-51(53-49)38-22-12-26-44-46(38)39-30-33(28-29-43(39)56-44)34-20-11-21-37-47-42(25-13-27-45(47)57-48(34)37)55-40-23-9-7-18-35(40)36-19-8-10-24-41(36)55/h1-9,11-16,18-23,25-30,32,35,40,49,51,53H,10,17,24H2,(H,52,54). The molecule has 0 saturated heterocycles. The summed E-state index contributed by atoms with van der Waals surface area (Å²) >= 11 is 3.81. The summed E-state index contributed by atoms with van der Waals surface area (Å²) in [5, 5.41) is 13.0. The van der Waals surface area contributed by atoms with Crippen molar-refractivity contribution >= 4 is 74.5 Å². The first kappa shape index (κ1) is 33.4. The minimum Gasteiger partial charge on any atom is -0.354 e. The van der Waals surface area contributed by atoms with Crippen LogP contribution in [0.25, 0.3) is 51.5 Å². The Hall–Kier alpha value is -5.79. The van der Waals surface area contributed by atoms with Gasteiger partial charge in [0.1, 0.15) is 18.2 Å². The molecule has 7 aromatic rings. The predicted molar refractivity (Wildman–Crippen MR) is 243 cm³/mol. The van der Waals surface area contributed by atoms with E-state index in [4.69, 9.17) is 4.99 Å². The van der Waals surface area contributed by atoms with Gasteiger partial charge in [-0.25, -0.2) is 4.99 Å². The summed E-state index contributed by atoms with van der Waals surface area (Å²) in [5.41, 5.74) is 9.28. The Morgan fingerprint density at radius 2 is 1.56 bits per heavy atom. The van der Waals surface area contributed by atoms with Gasteiger partial charge < -0.3 is 10.2 Å². The number of rotatable bonds is 5. The summed E-state index contributed by atoms with van der Waals surface area (Å²) in [6, 6.07) is 38.7. The molecule has 0 amide bonds. The molecule has 5 unspecified atom stereocenters. The van der Waals surface area contributed by atoms with Crippen molar-refractivity contribution in [3.8, 4) is 11.1 Å². The molecule has 4 nitrogen and oxygen atoms in total.